The second-order valence-electron chi connectivity index (χ2n) is 4.05. The lowest BCUT2D eigenvalue weighted by molar-refractivity contribution is 0.305. The number of nitrogens with one attached hydrogen (secondary N) is 1. The van der Waals surface area contributed by atoms with Crippen molar-refractivity contribution in [2.75, 3.05) is 25.6 Å². The van der Waals surface area contributed by atoms with Gasteiger partial charge in [-0.05, 0) is 30.3 Å². The Labute approximate surface area is 116 Å². The van der Waals surface area contributed by atoms with Crippen LogP contribution in [0.15, 0.2) is 42.5 Å². The van der Waals surface area contributed by atoms with Crippen molar-refractivity contribution in [1.82, 2.24) is 0 Å². The fourth-order valence-electron chi connectivity index (χ4n) is 1.72. The molecule has 0 radical (unpaired) electrons. The molecule has 3 nitrogen and oxygen atoms in total. The van der Waals surface area contributed by atoms with Gasteiger partial charge in [0.2, 0.25) is 0 Å². The molecule has 0 unspecified atom stereocenters. The predicted octanol–water partition coefficient (Wildman–Crippen LogP) is 3.46. The summed E-state index contributed by atoms with van der Waals surface area (Å²) in [6, 6.07) is 10.5. The molecule has 0 aliphatic rings. The van der Waals surface area contributed by atoms with Crippen molar-refractivity contribution in [2.45, 2.75) is 0 Å². The molecule has 0 atom stereocenters. The van der Waals surface area contributed by atoms with Crippen molar-refractivity contribution in [1.29, 1.82) is 0 Å². The molecule has 106 valence electrons. The van der Waals surface area contributed by atoms with E-state index in [1.807, 2.05) is 12.1 Å². The Kier molecular flexibility index (Phi) is 4.76. The highest BCUT2D eigenvalue weighted by Crippen LogP contribution is 2.25. The molecule has 0 saturated heterocycles. The number of halogens is 2. The van der Waals surface area contributed by atoms with E-state index in [0.717, 1.165) is 18.2 Å². The summed E-state index contributed by atoms with van der Waals surface area (Å²) in [5, 5.41) is 2.78. The number of para-hydroxylation sites is 2. The van der Waals surface area contributed by atoms with Gasteiger partial charge in [-0.1, -0.05) is 12.1 Å². The zero-order valence-electron chi connectivity index (χ0n) is 11.0. The molecule has 2 aromatic carbocycles. The summed E-state index contributed by atoms with van der Waals surface area (Å²) in [7, 11) is 1.56. The fourth-order valence-corrected chi connectivity index (χ4v) is 1.72. The number of rotatable bonds is 6. The number of hydrogen-bond acceptors (Lipinski definition) is 3. The molecule has 0 spiro atoms. The first-order valence-corrected chi connectivity index (χ1v) is 6.15. The summed E-state index contributed by atoms with van der Waals surface area (Å²) in [5.41, 5.74) is 0.119. The Morgan fingerprint density at radius 1 is 1.05 bits per heavy atom. The molecule has 2 rings (SSSR count). The van der Waals surface area contributed by atoms with Gasteiger partial charge in [-0.2, -0.15) is 0 Å². The molecule has 5 heteroatoms. The first-order valence-electron chi connectivity index (χ1n) is 6.15. The number of hydrogen-bond donors (Lipinski definition) is 1. The summed E-state index contributed by atoms with van der Waals surface area (Å²) < 4.78 is 37.0. The van der Waals surface area contributed by atoms with E-state index in [1.165, 1.54) is 0 Å². The Hall–Kier alpha value is -2.30. The average molecular weight is 279 g/mol. The third-order valence-corrected chi connectivity index (χ3v) is 2.67. The Balaban J connectivity index is 1.86. The number of anilines is 1. The standard InChI is InChI=1S/C15H15F2NO2/c1-19-14-4-2-3-5-15(14)20-9-8-18-13-10-11(16)6-7-12(13)17/h2-7,10,18H,8-9H2,1H3. The van der Waals surface area contributed by atoms with Gasteiger partial charge in [0.25, 0.3) is 0 Å². The van der Waals surface area contributed by atoms with Gasteiger partial charge in [0.05, 0.1) is 12.8 Å². The molecule has 0 bridgehead atoms. The first-order chi connectivity index (χ1) is 9.70. The lowest BCUT2D eigenvalue weighted by Gasteiger charge is -2.11. The number of methoxy groups -OCH3 is 1. The van der Waals surface area contributed by atoms with E-state index in [4.69, 9.17) is 9.47 Å². The maximum absolute atomic E-state index is 13.3. The van der Waals surface area contributed by atoms with E-state index in [2.05, 4.69) is 5.32 Å². The van der Waals surface area contributed by atoms with E-state index in [-0.39, 0.29) is 5.69 Å². The van der Waals surface area contributed by atoms with Gasteiger partial charge < -0.3 is 14.8 Å². The second-order valence-corrected chi connectivity index (χ2v) is 4.05. The third-order valence-electron chi connectivity index (χ3n) is 2.67. The van der Waals surface area contributed by atoms with E-state index in [1.54, 1.807) is 19.2 Å². The molecule has 0 fully saturated rings. The van der Waals surface area contributed by atoms with Crippen LogP contribution in [0.5, 0.6) is 11.5 Å². The average Bonchev–Trinajstić information content (AvgIpc) is 2.47. The molecule has 1 N–H and O–H groups in total. The van der Waals surface area contributed by atoms with Gasteiger partial charge in [0.15, 0.2) is 11.5 Å². The van der Waals surface area contributed by atoms with Crippen LogP contribution in [0.25, 0.3) is 0 Å². The molecule has 0 aliphatic heterocycles. The SMILES string of the molecule is COc1ccccc1OCCNc1cc(F)ccc1F. The minimum Gasteiger partial charge on any atom is -0.493 e. The van der Waals surface area contributed by atoms with Crippen LogP contribution in [-0.2, 0) is 0 Å². The molecule has 0 aliphatic carbocycles. The zero-order chi connectivity index (χ0) is 14.4. The van der Waals surface area contributed by atoms with Crippen molar-refractivity contribution in [2.24, 2.45) is 0 Å². The Morgan fingerprint density at radius 3 is 2.55 bits per heavy atom. The van der Waals surface area contributed by atoms with Crippen molar-refractivity contribution in [3.8, 4) is 11.5 Å². The smallest absolute Gasteiger partial charge is 0.161 e. The second kappa shape index (κ2) is 6.75. The van der Waals surface area contributed by atoms with Gasteiger partial charge in [-0.25, -0.2) is 8.78 Å². The highest BCUT2D eigenvalue weighted by Gasteiger charge is 2.04. The Morgan fingerprint density at radius 2 is 1.80 bits per heavy atom. The molecular weight excluding hydrogens is 264 g/mol. The van der Waals surface area contributed by atoms with E-state index in [9.17, 15) is 8.78 Å². The van der Waals surface area contributed by atoms with Crippen LogP contribution in [0.1, 0.15) is 0 Å². The summed E-state index contributed by atoms with van der Waals surface area (Å²) in [6.45, 7) is 0.648. The van der Waals surface area contributed by atoms with Crippen molar-refractivity contribution >= 4 is 5.69 Å². The lowest BCUT2D eigenvalue weighted by atomic mass is 10.3. The minimum absolute atomic E-state index is 0.119. The highest BCUT2D eigenvalue weighted by atomic mass is 19.1. The van der Waals surface area contributed by atoms with Crippen LogP contribution >= 0.6 is 0 Å². The van der Waals surface area contributed by atoms with Crippen LogP contribution in [0.2, 0.25) is 0 Å². The monoisotopic (exact) mass is 279 g/mol. The first kappa shape index (κ1) is 14.1. The van der Waals surface area contributed by atoms with E-state index in [0.29, 0.717) is 24.7 Å². The van der Waals surface area contributed by atoms with Gasteiger partial charge in [0, 0.05) is 6.54 Å². The predicted molar refractivity (Wildman–Crippen MR) is 73.3 cm³/mol. The summed E-state index contributed by atoms with van der Waals surface area (Å²) in [5.74, 6) is 0.254. The maximum Gasteiger partial charge on any atom is 0.161 e. The van der Waals surface area contributed by atoms with Crippen molar-refractivity contribution in [3.63, 3.8) is 0 Å². The summed E-state index contributed by atoms with van der Waals surface area (Å²) >= 11 is 0. The van der Waals surface area contributed by atoms with E-state index < -0.39 is 11.6 Å². The molecule has 0 amide bonds. The number of benzene rings is 2. The molecule has 2 aromatic rings. The molecule has 0 aromatic heterocycles. The van der Waals surface area contributed by atoms with Gasteiger partial charge in [0.1, 0.15) is 18.2 Å². The van der Waals surface area contributed by atoms with Crippen LogP contribution in [-0.4, -0.2) is 20.3 Å². The van der Waals surface area contributed by atoms with Crippen LogP contribution in [0, 0.1) is 11.6 Å². The zero-order valence-corrected chi connectivity index (χ0v) is 11.0. The van der Waals surface area contributed by atoms with Crippen LogP contribution < -0.4 is 14.8 Å². The summed E-state index contributed by atoms with van der Waals surface area (Å²) in [6.07, 6.45) is 0. The van der Waals surface area contributed by atoms with Gasteiger partial charge in [-0.15, -0.1) is 0 Å². The molecule has 20 heavy (non-hydrogen) atoms. The van der Waals surface area contributed by atoms with Crippen LogP contribution in [0.3, 0.4) is 0 Å². The molecular formula is C15H15F2NO2. The largest absolute Gasteiger partial charge is 0.493 e. The molecule has 0 saturated carbocycles. The number of ether oxygens (including phenoxy) is 2. The fraction of sp³-hybridized carbons (Fsp3) is 0.200. The topological polar surface area (TPSA) is 30.5 Å². The Bertz CT molecular complexity index is 576. The lowest BCUT2D eigenvalue weighted by Crippen LogP contribution is -2.12. The van der Waals surface area contributed by atoms with E-state index >= 15 is 0 Å². The normalized spacial score (nSPS) is 10.2. The quantitative estimate of drug-likeness (QED) is 0.821. The van der Waals surface area contributed by atoms with Crippen LogP contribution in [0.4, 0.5) is 14.5 Å². The minimum atomic E-state index is -0.497. The third kappa shape index (κ3) is 3.60. The van der Waals surface area contributed by atoms with Crippen molar-refractivity contribution in [3.05, 3.63) is 54.1 Å². The van der Waals surface area contributed by atoms with Gasteiger partial charge in [-0.3, -0.25) is 0 Å². The summed E-state index contributed by atoms with van der Waals surface area (Å²) in [4.78, 5) is 0. The maximum atomic E-state index is 13.3. The van der Waals surface area contributed by atoms with Crippen molar-refractivity contribution < 1.29 is 18.3 Å². The van der Waals surface area contributed by atoms with Gasteiger partial charge >= 0.3 is 0 Å². The molecule has 0 heterocycles. The highest BCUT2D eigenvalue weighted by molar-refractivity contribution is 5.45.